The molecule has 1 nitrogen and oxygen atoms in total. The summed E-state index contributed by atoms with van der Waals surface area (Å²) in [6.45, 7) is 8.34. The van der Waals surface area contributed by atoms with E-state index < -0.39 is 0 Å². The van der Waals surface area contributed by atoms with E-state index in [1.807, 2.05) is 13.8 Å². The molecule has 1 aromatic heterocycles. The largest absolute Gasteiger partial charge is 0.247 e. The fraction of sp³-hybridized carbons (Fsp3) is 0.400. The molecule has 1 unspecified atom stereocenters. The van der Waals surface area contributed by atoms with Gasteiger partial charge in [-0.25, -0.2) is 4.98 Å². The van der Waals surface area contributed by atoms with Crippen LogP contribution in [-0.2, 0) is 6.42 Å². The monoisotopic (exact) mass is 279 g/mol. The molecule has 0 spiro atoms. The number of hydrogen-bond donors (Lipinski definition) is 0. The number of aryl methyl sites for hydroxylation is 4. The summed E-state index contributed by atoms with van der Waals surface area (Å²) in [4.78, 5) is 5.64. The Labute approximate surface area is 118 Å². The molecule has 2 rings (SSSR count). The summed E-state index contributed by atoms with van der Waals surface area (Å²) in [5.41, 5.74) is 5.02. The Kier molecular flexibility index (Phi) is 4.08. The Bertz CT molecular complexity index is 560. The molecular weight excluding hydrogens is 262 g/mol. The standard InChI is InChI=1S/C15H18ClNS/c1-9-5-6-13(7-10(9)2)8-14(16)15-11(3)17-12(4)18-15/h5-7,14H,8H2,1-4H3. The molecule has 1 atom stereocenters. The number of halogens is 1. The van der Waals surface area contributed by atoms with Crippen molar-refractivity contribution < 1.29 is 0 Å². The Morgan fingerprint density at radius 1 is 1.17 bits per heavy atom. The van der Waals surface area contributed by atoms with Gasteiger partial charge in [0.25, 0.3) is 0 Å². The van der Waals surface area contributed by atoms with Crippen LogP contribution in [0, 0.1) is 27.7 Å². The maximum absolute atomic E-state index is 6.52. The number of rotatable bonds is 3. The predicted molar refractivity (Wildman–Crippen MR) is 79.8 cm³/mol. The number of alkyl halides is 1. The number of hydrogen-bond acceptors (Lipinski definition) is 2. The van der Waals surface area contributed by atoms with Crippen LogP contribution in [0.5, 0.6) is 0 Å². The summed E-state index contributed by atoms with van der Waals surface area (Å²) in [5, 5.41) is 1.12. The molecule has 0 fully saturated rings. The number of benzene rings is 1. The van der Waals surface area contributed by atoms with Crippen molar-refractivity contribution in [1.29, 1.82) is 0 Å². The molecular formula is C15H18ClNS. The molecule has 0 saturated heterocycles. The van der Waals surface area contributed by atoms with Crippen molar-refractivity contribution in [3.05, 3.63) is 50.5 Å². The average Bonchev–Trinajstić information content (AvgIpc) is 2.63. The molecule has 1 heterocycles. The minimum atomic E-state index is 0.0262. The zero-order valence-corrected chi connectivity index (χ0v) is 12.8. The van der Waals surface area contributed by atoms with E-state index in [4.69, 9.17) is 11.6 Å². The molecule has 0 aliphatic rings. The molecule has 18 heavy (non-hydrogen) atoms. The quantitative estimate of drug-likeness (QED) is 0.728. The second kappa shape index (κ2) is 5.41. The first kappa shape index (κ1) is 13.6. The van der Waals surface area contributed by atoms with Crippen molar-refractivity contribution in [3.8, 4) is 0 Å². The van der Waals surface area contributed by atoms with Crippen LogP contribution in [0.3, 0.4) is 0 Å². The van der Waals surface area contributed by atoms with Gasteiger partial charge in [0.05, 0.1) is 16.1 Å². The van der Waals surface area contributed by atoms with E-state index in [0.29, 0.717) is 0 Å². The lowest BCUT2D eigenvalue weighted by Gasteiger charge is -2.10. The zero-order valence-electron chi connectivity index (χ0n) is 11.2. The zero-order chi connectivity index (χ0) is 13.3. The van der Waals surface area contributed by atoms with E-state index in [-0.39, 0.29) is 5.38 Å². The summed E-state index contributed by atoms with van der Waals surface area (Å²) in [6, 6.07) is 6.56. The van der Waals surface area contributed by atoms with E-state index >= 15 is 0 Å². The lowest BCUT2D eigenvalue weighted by atomic mass is 10.0. The van der Waals surface area contributed by atoms with Crippen molar-refractivity contribution >= 4 is 22.9 Å². The third-order valence-corrected chi connectivity index (χ3v) is 4.90. The van der Waals surface area contributed by atoms with Crippen LogP contribution in [-0.4, -0.2) is 4.98 Å². The lowest BCUT2D eigenvalue weighted by Crippen LogP contribution is -1.96. The van der Waals surface area contributed by atoms with E-state index in [9.17, 15) is 0 Å². The van der Waals surface area contributed by atoms with Crippen molar-refractivity contribution in [1.82, 2.24) is 4.98 Å². The van der Waals surface area contributed by atoms with Gasteiger partial charge in [-0.15, -0.1) is 22.9 Å². The Hall–Kier alpha value is -0.860. The van der Waals surface area contributed by atoms with Crippen molar-refractivity contribution in [2.45, 2.75) is 39.5 Å². The Morgan fingerprint density at radius 2 is 1.89 bits per heavy atom. The summed E-state index contributed by atoms with van der Waals surface area (Å²) in [5.74, 6) is 0. The molecule has 96 valence electrons. The topological polar surface area (TPSA) is 12.9 Å². The van der Waals surface area contributed by atoms with Gasteiger partial charge < -0.3 is 0 Å². The van der Waals surface area contributed by atoms with Gasteiger partial charge >= 0.3 is 0 Å². The van der Waals surface area contributed by atoms with Crippen LogP contribution < -0.4 is 0 Å². The summed E-state index contributed by atoms with van der Waals surface area (Å²) in [7, 11) is 0. The van der Waals surface area contributed by atoms with Crippen LogP contribution in [0.1, 0.15) is 37.6 Å². The first-order valence-electron chi connectivity index (χ1n) is 6.11. The van der Waals surface area contributed by atoms with Gasteiger partial charge in [-0.3, -0.25) is 0 Å². The van der Waals surface area contributed by atoms with Crippen LogP contribution in [0.2, 0.25) is 0 Å². The maximum atomic E-state index is 6.52. The summed E-state index contributed by atoms with van der Waals surface area (Å²) >= 11 is 8.23. The number of thiazole rings is 1. The minimum absolute atomic E-state index is 0.0262. The lowest BCUT2D eigenvalue weighted by molar-refractivity contribution is 0.920. The van der Waals surface area contributed by atoms with Crippen molar-refractivity contribution in [2.75, 3.05) is 0 Å². The van der Waals surface area contributed by atoms with Gasteiger partial charge in [-0.05, 0) is 50.8 Å². The van der Waals surface area contributed by atoms with E-state index in [1.165, 1.54) is 21.6 Å². The van der Waals surface area contributed by atoms with E-state index in [0.717, 1.165) is 17.1 Å². The first-order chi connectivity index (χ1) is 8.47. The second-order valence-corrected chi connectivity index (χ2v) is 6.53. The first-order valence-corrected chi connectivity index (χ1v) is 7.37. The van der Waals surface area contributed by atoms with Gasteiger partial charge in [0.15, 0.2) is 0 Å². The molecule has 1 aromatic carbocycles. The van der Waals surface area contributed by atoms with Gasteiger partial charge in [0.1, 0.15) is 0 Å². The Balaban J connectivity index is 2.18. The minimum Gasteiger partial charge on any atom is -0.247 e. The molecule has 0 radical (unpaired) electrons. The molecule has 0 N–H and O–H groups in total. The smallest absolute Gasteiger partial charge is 0.0900 e. The van der Waals surface area contributed by atoms with E-state index in [1.54, 1.807) is 11.3 Å². The van der Waals surface area contributed by atoms with Gasteiger partial charge in [0, 0.05) is 4.88 Å². The molecule has 0 aliphatic heterocycles. The van der Waals surface area contributed by atoms with Crippen LogP contribution in [0.25, 0.3) is 0 Å². The fourth-order valence-corrected chi connectivity index (χ4v) is 3.44. The molecule has 0 amide bonds. The number of aromatic nitrogens is 1. The van der Waals surface area contributed by atoms with Gasteiger partial charge in [-0.1, -0.05) is 18.2 Å². The van der Waals surface area contributed by atoms with Gasteiger partial charge in [-0.2, -0.15) is 0 Å². The highest BCUT2D eigenvalue weighted by atomic mass is 35.5. The highest BCUT2D eigenvalue weighted by Gasteiger charge is 2.15. The van der Waals surface area contributed by atoms with Crippen LogP contribution in [0.4, 0.5) is 0 Å². The molecule has 2 aromatic rings. The third-order valence-electron chi connectivity index (χ3n) is 3.21. The SMILES string of the molecule is Cc1nc(C)c(C(Cl)Cc2ccc(C)c(C)c2)s1. The normalized spacial score (nSPS) is 12.7. The molecule has 0 aliphatic carbocycles. The van der Waals surface area contributed by atoms with Crippen LogP contribution in [0.15, 0.2) is 18.2 Å². The maximum Gasteiger partial charge on any atom is 0.0900 e. The summed E-state index contributed by atoms with van der Waals surface area (Å²) in [6.07, 6.45) is 0.866. The van der Waals surface area contributed by atoms with E-state index in [2.05, 4.69) is 37.0 Å². The predicted octanol–water partition coefficient (Wildman–Crippen LogP) is 4.90. The van der Waals surface area contributed by atoms with Crippen molar-refractivity contribution in [3.63, 3.8) is 0 Å². The fourth-order valence-electron chi connectivity index (χ4n) is 2.07. The molecule has 0 bridgehead atoms. The number of nitrogens with zero attached hydrogens (tertiary/aromatic N) is 1. The molecule has 3 heteroatoms. The molecule has 0 saturated carbocycles. The van der Waals surface area contributed by atoms with Gasteiger partial charge in [0.2, 0.25) is 0 Å². The van der Waals surface area contributed by atoms with Crippen molar-refractivity contribution in [2.24, 2.45) is 0 Å². The van der Waals surface area contributed by atoms with Crippen LogP contribution >= 0.6 is 22.9 Å². The summed E-state index contributed by atoms with van der Waals surface area (Å²) < 4.78 is 0. The second-order valence-electron chi connectivity index (χ2n) is 4.77. The Morgan fingerprint density at radius 3 is 2.44 bits per heavy atom. The highest BCUT2D eigenvalue weighted by molar-refractivity contribution is 7.12. The third kappa shape index (κ3) is 2.93. The average molecular weight is 280 g/mol. The highest BCUT2D eigenvalue weighted by Crippen LogP contribution is 2.32.